The molecule has 1 aliphatic heterocycles. The summed E-state index contributed by atoms with van der Waals surface area (Å²) in [7, 11) is 1.91. The minimum Gasteiger partial charge on any atom is -0.488 e. The van der Waals surface area contributed by atoms with Crippen LogP contribution in [0.25, 0.3) is 11.3 Å². The van der Waals surface area contributed by atoms with Crippen molar-refractivity contribution in [3.8, 4) is 17.0 Å². The zero-order valence-corrected chi connectivity index (χ0v) is 15.9. The van der Waals surface area contributed by atoms with Gasteiger partial charge in [-0.25, -0.2) is 0 Å². The van der Waals surface area contributed by atoms with Crippen LogP contribution < -0.4 is 10.1 Å². The number of alkyl halides is 1. The van der Waals surface area contributed by atoms with Gasteiger partial charge in [-0.15, -0.1) is 0 Å². The average molecular weight is 416 g/mol. The topological polar surface area (TPSA) is 69.3 Å². The van der Waals surface area contributed by atoms with Gasteiger partial charge in [0.05, 0.1) is 17.9 Å². The second kappa shape index (κ2) is 6.99. The number of aromatic nitrogens is 2. The first-order valence-corrected chi connectivity index (χ1v) is 9.49. The van der Waals surface area contributed by atoms with Gasteiger partial charge in [-0.2, -0.15) is 5.10 Å². The van der Waals surface area contributed by atoms with E-state index in [9.17, 15) is 4.79 Å². The Morgan fingerprint density at radius 1 is 1.31 bits per heavy atom. The van der Waals surface area contributed by atoms with Gasteiger partial charge in [0.1, 0.15) is 18.1 Å². The highest BCUT2D eigenvalue weighted by atomic mass is 79.9. The van der Waals surface area contributed by atoms with Crippen LogP contribution >= 0.6 is 15.9 Å². The van der Waals surface area contributed by atoms with E-state index in [0.29, 0.717) is 18.9 Å². The van der Waals surface area contributed by atoms with Crippen LogP contribution in [-0.2, 0) is 26.6 Å². The van der Waals surface area contributed by atoms with E-state index in [0.717, 1.165) is 45.8 Å². The molecule has 2 aromatic heterocycles. The van der Waals surface area contributed by atoms with Crippen molar-refractivity contribution >= 4 is 21.8 Å². The van der Waals surface area contributed by atoms with Crippen molar-refractivity contribution < 1.29 is 13.9 Å². The Bertz CT molecular complexity index is 961. The Labute approximate surface area is 159 Å². The number of para-hydroxylation sites is 1. The summed E-state index contributed by atoms with van der Waals surface area (Å²) in [4.78, 5) is 12.3. The molecule has 0 fully saturated rings. The van der Waals surface area contributed by atoms with E-state index in [1.165, 1.54) is 0 Å². The summed E-state index contributed by atoms with van der Waals surface area (Å²) in [5.41, 5.74) is 3.86. The zero-order chi connectivity index (χ0) is 18.1. The lowest BCUT2D eigenvalue weighted by Gasteiger charge is -2.18. The Kier molecular flexibility index (Phi) is 4.55. The molecule has 0 atom stereocenters. The molecule has 1 aliphatic rings. The standard InChI is InChI=1S/C19H18BrN3O3/c1-23-18-13-4-2-3-5-16(13)25-11-14(18)15(22-23)10-21-19(24)17-7-6-12(26-17)8-9-20/h2-7H,8-11H2,1H3,(H,21,24). The molecule has 0 spiro atoms. The van der Waals surface area contributed by atoms with Gasteiger partial charge in [0.2, 0.25) is 0 Å². The van der Waals surface area contributed by atoms with Crippen LogP contribution in [0.5, 0.6) is 5.75 Å². The molecule has 0 radical (unpaired) electrons. The summed E-state index contributed by atoms with van der Waals surface area (Å²) in [6.45, 7) is 0.767. The minimum atomic E-state index is -0.248. The highest BCUT2D eigenvalue weighted by Crippen LogP contribution is 2.38. The molecule has 7 heteroatoms. The Morgan fingerprint density at radius 2 is 2.15 bits per heavy atom. The maximum absolute atomic E-state index is 12.3. The second-order valence-electron chi connectivity index (χ2n) is 6.07. The maximum atomic E-state index is 12.3. The van der Waals surface area contributed by atoms with E-state index in [1.807, 2.05) is 42.1 Å². The van der Waals surface area contributed by atoms with Gasteiger partial charge in [-0.1, -0.05) is 28.1 Å². The molecule has 4 rings (SSSR count). The first-order valence-electron chi connectivity index (χ1n) is 8.37. The van der Waals surface area contributed by atoms with Gasteiger partial charge in [0.15, 0.2) is 5.76 Å². The molecule has 134 valence electrons. The summed E-state index contributed by atoms with van der Waals surface area (Å²) in [5.74, 6) is 1.70. The summed E-state index contributed by atoms with van der Waals surface area (Å²) < 4.78 is 13.2. The Hall–Kier alpha value is -2.54. The molecular weight excluding hydrogens is 398 g/mol. The van der Waals surface area contributed by atoms with Crippen LogP contribution in [0, 0.1) is 0 Å². The van der Waals surface area contributed by atoms with Crippen molar-refractivity contribution in [1.29, 1.82) is 0 Å². The number of nitrogens with one attached hydrogen (secondary N) is 1. The van der Waals surface area contributed by atoms with Crippen LogP contribution in [0.4, 0.5) is 0 Å². The third-order valence-electron chi connectivity index (χ3n) is 4.39. The molecule has 3 aromatic rings. The summed E-state index contributed by atoms with van der Waals surface area (Å²) in [6, 6.07) is 11.4. The average Bonchev–Trinajstić information content (AvgIpc) is 3.25. The van der Waals surface area contributed by atoms with Crippen molar-refractivity contribution in [2.24, 2.45) is 7.05 Å². The molecule has 0 aliphatic carbocycles. The molecule has 26 heavy (non-hydrogen) atoms. The first kappa shape index (κ1) is 16.9. The normalized spacial score (nSPS) is 12.2. The summed E-state index contributed by atoms with van der Waals surface area (Å²) in [6.07, 6.45) is 0.748. The number of ether oxygens (including phenoxy) is 1. The van der Waals surface area contributed by atoms with Gasteiger partial charge in [-0.3, -0.25) is 9.48 Å². The third kappa shape index (κ3) is 3.03. The largest absolute Gasteiger partial charge is 0.488 e. The maximum Gasteiger partial charge on any atom is 0.287 e. The molecule has 0 saturated heterocycles. The predicted molar refractivity (Wildman–Crippen MR) is 100 cm³/mol. The molecule has 0 saturated carbocycles. The first-order chi connectivity index (χ1) is 12.7. The second-order valence-corrected chi connectivity index (χ2v) is 6.86. The van der Waals surface area contributed by atoms with E-state index < -0.39 is 0 Å². The number of carbonyl (C=O) groups is 1. The molecule has 0 bridgehead atoms. The van der Waals surface area contributed by atoms with Crippen molar-refractivity contribution in [3.63, 3.8) is 0 Å². The molecule has 3 heterocycles. The smallest absolute Gasteiger partial charge is 0.287 e. The van der Waals surface area contributed by atoms with E-state index in [1.54, 1.807) is 6.07 Å². The number of furan rings is 1. The zero-order valence-electron chi connectivity index (χ0n) is 14.3. The number of amides is 1. The monoisotopic (exact) mass is 415 g/mol. The highest BCUT2D eigenvalue weighted by molar-refractivity contribution is 9.09. The minimum absolute atomic E-state index is 0.248. The van der Waals surface area contributed by atoms with Crippen LogP contribution in [0.15, 0.2) is 40.8 Å². The fourth-order valence-corrected chi connectivity index (χ4v) is 3.56. The van der Waals surface area contributed by atoms with Gasteiger partial charge in [-0.05, 0) is 24.3 Å². The lowest BCUT2D eigenvalue weighted by molar-refractivity contribution is 0.0920. The van der Waals surface area contributed by atoms with E-state index in [2.05, 4.69) is 26.3 Å². The number of fused-ring (bicyclic) bond motifs is 3. The Balaban J connectivity index is 1.52. The predicted octanol–water partition coefficient (Wildman–Crippen LogP) is 3.44. The third-order valence-corrected chi connectivity index (χ3v) is 4.78. The highest BCUT2D eigenvalue weighted by Gasteiger charge is 2.25. The quantitative estimate of drug-likeness (QED) is 0.647. The number of hydrogen-bond acceptors (Lipinski definition) is 4. The van der Waals surface area contributed by atoms with Gasteiger partial charge < -0.3 is 14.5 Å². The van der Waals surface area contributed by atoms with Crippen molar-refractivity contribution in [2.75, 3.05) is 5.33 Å². The van der Waals surface area contributed by atoms with E-state index in [-0.39, 0.29) is 5.91 Å². The van der Waals surface area contributed by atoms with Crippen molar-refractivity contribution in [1.82, 2.24) is 15.1 Å². The van der Waals surface area contributed by atoms with Crippen LogP contribution in [0.1, 0.15) is 27.6 Å². The van der Waals surface area contributed by atoms with E-state index in [4.69, 9.17) is 9.15 Å². The number of aryl methyl sites for hydroxylation is 2. The molecule has 6 nitrogen and oxygen atoms in total. The fourth-order valence-electron chi connectivity index (χ4n) is 3.17. The molecule has 1 N–H and O–H groups in total. The molecule has 1 aromatic carbocycles. The van der Waals surface area contributed by atoms with Crippen molar-refractivity contribution in [3.05, 3.63) is 59.2 Å². The molecular formula is C19H18BrN3O3. The van der Waals surface area contributed by atoms with Crippen molar-refractivity contribution in [2.45, 2.75) is 19.6 Å². The lowest BCUT2D eigenvalue weighted by atomic mass is 10.0. The molecule has 0 unspecified atom stereocenters. The number of carbonyl (C=O) groups excluding carboxylic acids is 1. The fraction of sp³-hybridized carbons (Fsp3) is 0.263. The summed E-state index contributed by atoms with van der Waals surface area (Å²) in [5, 5.41) is 8.25. The van der Waals surface area contributed by atoms with Crippen LogP contribution in [-0.4, -0.2) is 21.0 Å². The number of nitrogens with zero attached hydrogens (tertiary/aromatic N) is 2. The number of hydrogen-bond donors (Lipinski definition) is 1. The van der Waals surface area contributed by atoms with E-state index >= 15 is 0 Å². The number of benzene rings is 1. The van der Waals surface area contributed by atoms with Gasteiger partial charge in [0.25, 0.3) is 5.91 Å². The summed E-state index contributed by atoms with van der Waals surface area (Å²) >= 11 is 3.36. The lowest BCUT2D eigenvalue weighted by Crippen LogP contribution is -2.23. The molecule has 1 amide bonds. The Morgan fingerprint density at radius 3 is 3.00 bits per heavy atom. The SMILES string of the molecule is Cn1nc(CNC(=O)c2ccc(CCBr)o2)c2c1-c1ccccc1OC2. The van der Waals surface area contributed by atoms with Crippen LogP contribution in [0.2, 0.25) is 0 Å². The number of halogens is 1. The number of rotatable bonds is 5. The van der Waals surface area contributed by atoms with Crippen LogP contribution in [0.3, 0.4) is 0 Å². The van der Waals surface area contributed by atoms with Gasteiger partial charge in [0, 0.05) is 29.9 Å². The van der Waals surface area contributed by atoms with Gasteiger partial charge >= 0.3 is 0 Å².